The Labute approximate surface area is 150 Å². The largest absolute Gasteiger partial charge is 0.497 e. The monoisotopic (exact) mass is 391 g/mol. The summed E-state index contributed by atoms with van der Waals surface area (Å²) in [7, 11) is 1.65. The van der Waals surface area contributed by atoms with Crippen LogP contribution in [0.25, 0.3) is 0 Å². The number of benzene rings is 1. The SMILES string of the molecule is COc1ccc(CN(C(=O)c2oc(Br)cc2C)C(C)C2CC2)cc1. The van der Waals surface area contributed by atoms with Crippen LogP contribution in [0.3, 0.4) is 0 Å². The smallest absolute Gasteiger partial charge is 0.290 e. The van der Waals surface area contributed by atoms with E-state index in [9.17, 15) is 4.79 Å². The molecule has 0 spiro atoms. The highest BCUT2D eigenvalue weighted by molar-refractivity contribution is 9.10. The van der Waals surface area contributed by atoms with Crippen molar-refractivity contribution < 1.29 is 13.9 Å². The summed E-state index contributed by atoms with van der Waals surface area (Å²) in [6.07, 6.45) is 2.38. The summed E-state index contributed by atoms with van der Waals surface area (Å²) in [6, 6.07) is 9.89. The van der Waals surface area contributed by atoms with E-state index in [0.717, 1.165) is 16.9 Å². The van der Waals surface area contributed by atoms with E-state index in [-0.39, 0.29) is 11.9 Å². The lowest BCUT2D eigenvalue weighted by Gasteiger charge is -2.29. The predicted molar refractivity (Wildman–Crippen MR) is 96.2 cm³/mol. The van der Waals surface area contributed by atoms with Crippen molar-refractivity contribution in [2.45, 2.75) is 39.3 Å². The third kappa shape index (κ3) is 3.66. The van der Waals surface area contributed by atoms with Gasteiger partial charge in [0.2, 0.25) is 0 Å². The van der Waals surface area contributed by atoms with E-state index >= 15 is 0 Å². The topological polar surface area (TPSA) is 42.7 Å². The molecule has 5 heteroatoms. The fraction of sp³-hybridized carbons (Fsp3) is 0.421. The Morgan fingerprint density at radius 2 is 2.04 bits per heavy atom. The minimum atomic E-state index is -0.0478. The molecule has 1 aromatic carbocycles. The lowest BCUT2D eigenvalue weighted by Crippen LogP contribution is -2.39. The van der Waals surface area contributed by atoms with Crippen LogP contribution >= 0.6 is 15.9 Å². The number of aryl methyl sites for hydroxylation is 1. The fourth-order valence-electron chi connectivity index (χ4n) is 2.95. The second-order valence-corrected chi connectivity index (χ2v) is 7.20. The minimum absolute atomic E-state index is 0.0478. The van der Waals surface area contributed by atoms with E-state index in [1.54, 1.807) is 7.11 Å². The molecule has 1 heterocycles. The molecule has 1 atom stereocenters. The van der Waals surface area contributed by atoms with Gasteiger partial charge in [-0.05, 0) is 72.3 Å². The Hall–Kier alpha value is -1.75. The number of carbonyl (C=O) groups excluding carboxylic acids is 1. The van der Waals surface area contributed by atoms with Crippen LogP contribution in [0.5, 0.6) is 5.75 Å². The molecule has 24 heavy (non-hydrogen) atoms. The highest BCUT2D eigenvalue weighted by Crippen LogP contribution is 2.36. The number of amides is 1. The molecular formula is C19H22BrNO3. The Morgan fingerprint density at radius 1 is 1.38 bits per heavy atom. The van der Waals surface area contributed by atoms with Crippen molar-refractivity contribution in [2.75, 3.05) is 7.11 Å². The average molecular weight is 392 g/mol. The molecule has 128 valence electrons. The molecule has 0 radical (unpaired) electrons. The maximum atomic E-state index is 13.1. The van der Waals surface area contributed by atoms with Crippen LogP contribution in [0.1, 0.15) is 41.4 Å². The molecule has 4 nitrogen and oxygen atoms in total. The summed E-state index contributed by atoms with van der Waals surface area (Å²) >= 11 is 3.31. The van der Waals surface area contributed by atoms with Gasteiger partial charge in [-0.1, -0.05) is 12.1 Å². The van der Waals surface area contributed by atoms with Crippen molar-refractivity contribution in [3.63, 3.8) is 0 Å². The second-order valence-electron chi connectivity index (χ2n) is 6.42. The van der Waals surface area contributed by atoms with E-state index in [1.807, 2.05) is 42.2 Å². The summed E-state index contributed by atoms with van der Waals surface area (Å²) in [5.74, 6) is 1.78. The van der Waals surface area contributed by atoms with Crippen molar-refractivity contribution >= 4 is 21.8 Å². The van der Waals surface area contributed by atoms with Gasteiger partial charge in [-0.3, -0.25) is 4.79 Å². The molecule has 0 saturated heterocycles. The number of nitrogens with zero attached hydrogens (tertiary/aromatic N) is 1. The van der Waals surface area contributed by atoms with Crippen molar-refractivity contribution in [3.05, 3.63) is 51.9 Å². The number of rotatable bonds is 6. The minimum Gasteiger partial charge on any atom is -0.497 e. The van der Waals surface area contributed by atoms with Gasteiger partial charge in [-0.2, -0.15) is 0 Å². The molecular weight excluding hydrogens is 370 g/mol. The van der Waals surface area contributed by atoms with Gasteiger partial charge >= 0.3 is 0 Å². The number of hydrogen-bond acceptors (Lipinski definition) is 3. The molecule has 0 bridgehead atoms. The fourth-order valence-corrected chi connectivity index (χ4v) is 3.45. The van der Waals surface area contributed by atoms with Crippen LogP contribution in [0.2, 0.25) is 0 Å². The number of ether oxygens (including phenoxy) is 1. The summed E-state index contributed by atoms with van der Waals surface area (Å²) in [5.41, 5.74) is 1.94. The number of carbonyl (C=O) groups is 1. The van der Waals surface area contributed by atoms with Gasteiger partial charge < -0.3 is 14.1 Å². The van der Waals surface area contributed by atoms with Crippen LogP contribution < -0.4 is 4.74 Å². The molecule has 0 aliphatic heterocycles. The van der Waals surface area contributed by atoms with E-state index in [0.29, 0.717) is 22.9 Å². The van der Waals surface area contributed by atoms with Gasteiger partial charge in [0, 0.05) is 18.2 Å². The molecule has 2 aromatic rings. The van der Waals surface area contributed by atoms with Gasteiger partial charge in [-0.15, -0.1) is 0 Å². The standard InChI is InChI=1S/C19H22BrNO3/c1-12-10-17(20)24-18(12)19(22)21(13(2)15-6-7-15)11-14-4-8-16(23-3)9-5-14/h4-5,8-10,13,15H,6-7,11H2,1-3H3. The van der Waals surface area contributed by atoms with Crippen molar-refractivity contribution in [3.8, 4) is 5.75 Å². The maximum absolute atomic E-state index is 13.1. The summed E-state index contributed by atoms with van der Waals surface area (Å²) in [6.45, 7) is 4.60. The molecule has 1 aliphatic carbocycles. The molecule has 1 amide bonds. The first-order valence-corrected chi connectivity index (χ1v) is 8.98. The van der Waals surface area contributed by atoms with Gasteiger partial charge in [0.15, 0.2) is 10.4 Å². The first kappa shape index (κ1) is 17.1. The zero-order chi connectivity index (χ0) is 17.3. The van der Waals surface area contributed by atoms with Crippen molar-refractivity contribution in [1.82, 2.24) is 4.90 Å². The first-order valence-electron chi connectivity index (χ1n) is 8.19. The van der Waals surface area contributed by atoms with Crippen molar-refractivity contribution in [1.29, 1.82) is 0 Å². The van der Waals surface area contributed by atoms with Gasteiger partial charge in [0.1, 0.15) is 5.75 Å². The Bertz CT molecular complexity index is 719. The van der Waals surface area contributed by atoms with Crippen LogP contribution in [-0.4, -0.2) is 24.0 Å². The molecule has 1 aromatic heterocycles. The quantitative estimate of drug-likeness (QED) is 0.709. The lowest BCUT2D eigenvalue weighted by atomic mass is 10.1. The number of hydrogen-bond donors (Lipinski definition) is 0. The van der Waals surface area contributed by atoms with Crippen LogP contribution in [0.15, 0.2) is 39.4 Å². The first-order chi connectivity index (χ1) is 11.5. The van der Waals surface area contributed by atoms with E-state index < -0.39 is 0 Å². The van der Waals surface area contributed by atoms with E-state index in [1.165, 1.54) is 12.8 Å². The summed E-state index contributed by atoms with van der Waals surface area (Å²) in [5, 5.41) is 0. The molecule has 0 N–H and O–H groups in total. The van der Waals surface area contributed by atoms with E-state index in [2.05, 4.69) is 22.9 Å². The number of furan rings is 1. The Balaban J connectivity index is 1.85. The molecule has 3 rings (SSSR count). The van der Waals surface area contributed by atoms with Gasteiger partial charge in [-0.25, -0.2) is 0 Å². The normalized spacial score (nSPS) is 15.2. The Kier molecular flexibility index (Phi) is 4.99. The van der Waals surface area contributed by atoms with Crippen LogP contribution in [0.4, 0.5) is 0 Å². The second kappa shape index (κ2) is 7.01. The Morgan fingerprint density at radius 3 is 2.54 bits per heavy atom. The zero-order valence-corrected chi connectivity index (χ0v) is 15.8. The van der Waals surface area contributed by atoms with Crippen LogP contribution in [-0.2, 0) is 6.54 Å². The summed E-state index contributed by atoms with van der Waals surface area (Å²) < 4.78 is 11.4. The lowest BCUT2D eigenvalue weighted by molar-refractivity contribution is 0.0619. The zero-order valence-electron chi connectivity index (χ0n) is 14.2. The van der Waals surface area contributed by atoms with Gasteiger partial charge in [0.05, 0.1) is 7.11 Å². The van der Waals surface area contributed by atoms with Crippen molar-refractivity contribution in [2.24, 2.45) is 5.92 Å². The third-order valence-corrected chi connectivity index (χ3v) is 5.04. The van der Waals surface area contributed by atoms with E-state index in [4.69, 9.17) is 9.15 Å². The number of halogens is 1. The molecule has 1 aliphatic rings. The highest BCUT2D eigenvalue weighted by atomic mass is 79.9. The third-order valence-electron chi connectivity index (χ3n) is 4.65. The predicted octanol–water partition coefficient (Wildman–Crippen LogP) is 4.80. The molecule has 1 fully saturated rings. The highest BCUT2D eigenvalue weighted by Gasteiger charge is 2.36. The van der Waals surface area contributed by atoms with Crippen LogP contribution in [0, 0.1) is 12.8 Å². The average Bonchev–Trinajstić information content (AvgIpc) is 3.36. The number of methoxy groups -OCH3 is 1. The molecule has 1 saturated carbocycles. The summed E-state index contributed by atoms with van der Waals surface area (Å²) in [4.78, 5) is 15.0. The molecule has 1 unspecified atom stereocenters. The van der Waals surface area contributed by atoms with Gasteiger partial charge in [0.25, 0.3) is 5.91 Å². The maximum Gasteiger partial charge on any atom is 0.290 e.